The van der Waals surface area contributed by atoms with Crippen LogP contribution in [0.4, 0.5) is 0 Å². The molecule has 6 heteroatoms. The molecule has 132 valence electrons. The summed E-state index contributed by atoms with van der Waals surface area (Å²) in [5.41, 5.74) is 1.83. The van der Waals surface area contributed by atoms with E-state index in [-0.39, 0.29) is 5.41 Å². The number of allylic oxidation sites excluding steroid dienone is 4. The van der Waals surface area contributed by atoms with Gasteiger partial charge in [0.1, 0.15) is 0 Å². The van der Waals surface area contributed by atoms with Gasteiger partial charge in [-0.1, -0.05) is 66.8 Å². The quantitative estimate of drug-likeness (QED) is 0.630. The Bertz CT molecular complexity index is 577. The maximum Gasteiger partial charge on any atom is 0.177 e. The van der Waals surface area contributed by atoms with Crippen molar-refractivity contribution in [1.82, 2.24) is 0 Å². The van der Waals surface area contributed by atoms with Crippen molar-refractivity contribution in [3.05, 3.63) is 47.6 Å². The Hall–Kier alpha value is 0.0400. The van der Waals surface area contributed by atoms with Crippen LogP contribution in [0, 0.1) is 5.41 Å². The number of hydrogen-bond acceptors (Lipinski definition) is 2. The van der Waals surface area contributed by atoms with E-state index in [4.69, 9.17) is 46.4 Å². The van der Waals surface area contributed by atoms with Gasteiger partial charge in [-0.2, -0.15) is 0 Å². The summed E-state index contributed by atoms with van der Waals surface area (Å²) in [6.45, 7) is 0. The zero-order chi connectivity index (χ0) is 17.6. The van der Waals surface area contributed by atoms with E-state index in [0.717, 1.165) is 36.8 Å². The molecule has 0 aromatic carbocycles. The first-order valence-electron chi connectivity index (χ1n) is 8.11. The zero-order valence-electron chi connectivity index (χ0n) is 13.1. The van der Waals surface area contributed by atoms with Crippen molar-refractivity contribution >= 4 is 46.4 Å². The topological polar surface area (TPSA) is 40.5 Å². The van der Waals surface area contributed by atoms with Crippen molar-refractivity contribution in [2.75, 3.05) is 0 Å². The molecule has 0 aliphatic heterocycles. The van der Waals surface area contributed by atoms with Crippen LogP contribution in [0.5, 0.6) is 0 Å². The molecule has 4 atom stereocenters. The van der Waals surface area contributed by atoms with Crippen LogP contribution in [0.3, 0.4) is 0 Å². The summed E-state index contributed by atoms with van der Waals surface area (Å²) in [5.74, 6) is 0. The first kappa shape index (κ1) is 18.8. The Labute approximate surface area is 162 Å². The molecule has 0 saturated heterocycles. The fourth-order valence-electron chi connectivity index (χ4n) is 3.79. The van der Waals surface area contributed by atoms with Gasteiger partial charge in [0, 0.05) is 5.41 Å². The molecule has 0 aromatic heterocycles. The van der Waals surface area contributed by atoms with Crippen molar-refractivity contribution < 1.29 is 10.2 Å². The van der Waals surface area contributed by atoms with E-state index in [9.17, 15) is 10.2 Å². The van der Waals surface area contributed by atoms with Crippen LogP contribution in [-0.2, 0) is 0 Å². The van der Waals surface area contributed by atoms with Gasteiger partial charge in [-0.3, -0.25) is 0 Å². The van der Waals surface area contributed by atoms with E-state index < -0.39 is 20.9 Å². The highest BCUT2D eigenvalue weighted by molar-refractivity contribution is 6.34. The summed E-state index contributed by atoms with van der Waals surface area (Å²) >= 11 is 24.5. The maximum atomic E-state index is 10.1. The second kappa shape index (κ2) is 6.64. The Morgan fingerprint density at radius 3 is 1.58 bits per heavy atom. The van der Waals surface area contributed by atoms with E-state index in [2.05, 4.69) is 0 Å². The molecule has 1 fully saturated rings. The van der Waals surface area contributed by atoms with Crippen LogP contribution < -0.4 is 0 Å². The van der Waals surface area contributed by atoms with E-state index in [1.807, 2.05) is 24.3 Å². The number of alkyl halides is 4. The minimum absolute atomic E-state index is 0.244. The number of rotatable bonds is 2. The molecule has 0 amide bonds. The number of halogens is 4. The molecule has 3 aliphatic carbocycles. The van der Waals surface area contributed by atoms with Crippen molar-refractivity contribution in [3.8, 4) is 0 Å². The third-order valence-corrected chi connectivity index (χ3v) is 7.09. The molecule has 3 rings (SSSR count). The standard InChI is InChI=1S/C18H20Cl4O2/c19-14-10-12(4-8-17(14,21)23)16(6-2-1-3-7-16)13-5-9-18(22,24)15(20)11-13/h4-5,8-11,14-15,23-24H,1-3,6-7H2. The van der Waals surface area contributed by atoms with E-state index in [0.29, 0.717) is 0 Å². The van der Waals surface area contributed by atoms with Gasteiger partial charge in [0.05, 0.1) is 10.8 Å². The highest BCUT2D eigenvalue weighted by Crippen LogP contribution is 2.52. The molecule has 2 nitrogen and oxygen atoms in total. The Morgan fingerprint density at radius 1 is 0.792 bits per heavy atom. The largest absolute Gasteiger partial charge is 0.370 e. The summed E-state index contributed by atoms with van der Waals surface area (Å²) in [6, 6.07) is 0. The average Bonchev–Trinajstić information content (AvgIpc) is 2.53. The van der Waals surface area contributed by atoms with E-state index in [1.165, 1.54) is 6.42 Å². The first-order chi connectivity index (χ1) is 11.2. The second-order valence-electron chi connectivity index (χ2n) is 6.81. The summed E-state index contributed by atoms with van der Waals surface area (Å²) in [4.78, 5) is 0. The van der Waals surface area contributed by atoms with Crippen molar-refractivity contribution in [2.45, 2.75) is 53.0 Å². The lowest BCUT2D eigenvalue weighted by atomic mass is 9.62. The van der Waals surface area contributed by atoms with Gasteiger partial charge in [0.15, 0.2) is 10.1 Å². The van der Waals surface area contributed by atoms with Crippen LogP contribution in [0.2, 0.25) is 0 Å². The third-order valence-electron chi connectivity index (χ3n) is 5.23. The highest BCUT2D eigenvalue weighted by Gasteiger charge is 2.44. The maximum absolute atomic E-state index is 10.1. The fraction of sp³-hybridized carbons (Fsp3) is 0.556. The van der Waals surface area contributed by atoms with E-state index in [1.54, 1.807) is 12.2 Å². The molecule has 0 heterocycles. The monoisotopic (exact) mass is 408 g/mol. The van der Waals surface area contributed by atoms with Gasteiger partial charge < -0.3 is 10.2 Å². The predicted molar refractivity (Wildman–Crippen MR) is 101 cm³/mol. The normalized spacial score (nSPS) is 41.8. The molecule has 0 radical (unpaired) electrons. The van der Waals surface area contributed by atoms with Crippen LogP contribution in [-0.4, -0.2) is 31.1 Å². The number of hydrogen-bond donors (Lipinski definition) is 2. The molecule has 2 N–H and O–H groups in total. The van der Waals surface area contributed by atoms with Crippen molar-refractivity contribution in [3.63, 3.8) is 0 Å². The molecule has 0 spiro atoms. The molecule has 1 saturated carbocycles. The Morgan fingerprint density at radius 2 is 1.21 bits per heavy atom. The SMILES string of the molecule is OC1(Cl)C=CC(C2(C3=CC(Cl)C(O)(Cl)C=C3)CCCCC2)=CC1Cl. The summed E-state index contributed by atoms with van der Waals surface area (Å²) in [5, 5.41) is 15.6. The molecular formula is C18H20Cl4O2. The van der Waals surface area contributed by atoms with Gasteiger partial charge in [0.25, 0.3) is 0 Å². The van der Waals surface area contributed by atoms with E-state index >= 15 is 0 Å². The summed E-state index contributed by atoms with van der Waals surface area (Å²) in [6.07, 6.45) is 15.7. The molecule has 4 unspecified atom stereocenters. The predicted octanol–water partition coefficient (Wildman–Crippen LogP) is 5.00. The lowest BCUT2D eigenvalue weighted by Crippen LogP contribution is -2.38. The number of aliphatic hydroxyl groups is 2. The van der Waals surface area contributed by atoms with Crippen LogP contribution in [0.1, 0.15) is 32.1 Å². The third kappa shape index (κ3) is 3.34. The molecule has 24 heavy (non-hydrogen) atoms. The van der Waals surface area contributed by atoms with Crippen LogP contribution >= 0.6 is 46.4 Å². The smallest absolute Gasteiger partial charge is 0.177 e. The lowest BCUT2D eigenvalue weighted by molar-refractivity contribution is 0.180. The lowest BCUT2D eigenvalue weighted by Gasteiger charge is -2.43. The second-order valence-corrected chi connectivity index (χ2v) is 8.96. The van der Waals surface area contributed by atoms with Gasteiger partial charge in [-0.25, -0.2) is 0 Å². The summed E-state index contributed by atoms with van der Waals surface area (Å²) in [7, 11) is 0. The van der Waals surface area contributed by atoms with Gasteiger partial charge in [-0.05, 0) is 36.1 Å². The molecule has 3 aliphatic rings. The van der Waals surface area contributed by atoms with Gasteiger partial charge in [0.2, 0.25) is 0 Å². The van der Waals surface area contributed by atoms with Crippen LogP contribution in [0.25, 0.3) is 0 Å². The van der Waals surface area contributed by atoms with Crippen LogP contribution in [0.15, 0.2) is 47.6 Å². The van der Waals surface area contributed by atoms with Gasteiger partial charge in [-0.15, -0.1) is 23.2 Å². The zero-order valence-corrected chi connectivity index (χ0v) is 16.1. The van der Waals surface area contributed by atoms with Crippen molar-refractivity contribution in [2.24, 2.45) is 5.41 Å². The van der Waals surface area contributed by atoms with Gasteiger partial charge >= 0.3 is 0 Å². The Kier molecular flexibility index (Phi) is 5.21. The summed E-state index contributed by atoms with van der Waals surface area (Å²) < 4.78 is 0. The minimum atomic E-state index is -1.57. The average molecular weight is 410 g/mol. The molecule has 0 aromatic rings. The highest BCUT2D eigenvalue weighted by atomic mass is 35.5. The minimum Gasteiger partial charge on any atom is -0.370 e. The molecular weight excluding hydrogens is 390 g/mol. The first-order valence-corrected chi connectivity index (χ1v) is 9.74. The molecule has 0 bridgehead atoms. The van der Waals surface area contributed by atoms with Crippen molar-refractivity contribution in [1.29, 1.82) is 0 Å². The Balaban J connectivity index is 2.02. The fourth-order valence-corrected chi connectivity index (χ4v) is 4.46.